The molecule has 8 heteroatoms. The van der Waals surface area contributed by atoms with Crippen molar-refractivity contribution in [2.75, 3.05) is 13.1 Å². The maximum Gasteiger partial charge on any atom is 0.405 e. The number of carbonyl (C=O) groups excluding carboxylic acids is 1. The van der Waals surface area contributed by atoms with Crippen LogP contribution in [0.2, 0.25) is 0 Å². The number of hydrogen-bond donors (Lipinski definition) is 1. The highest BCUT2D eigenvalue weighted by Gasteiger charge is 2.34. The fourth-order valence-electron chi connectivity index (χ4n) is 2.55. The summed E-state index contributed by atoms with van der Waals surface area (Å²) in [5.41, 5.74) is 1.64. The molecule has 5 nitrogen and oxygen atoms in total. The number of nitrogens with zero attached hydrogens (tertiary/aromatic N) is 2. The summed E-state index contributed by atoms with van der Waals surface area (Å²) in [6.45, 7) is 3.44. The molecule has 1 aliphatic heterocycles. The Labute approximate surface area is 120 Å². The molecule has 1 amide bonds. The van der Waals surface area contributed by atoms with Gasteiger partial charge in [-0.25, -0.2) is 0 Å². The smallest absolute Gasteiger partial charge is 0.361 e. The number of alkyl halides is 3. The normalized spacial score (nSPS) is 20.0. The van der Waals surface area contributed by atoms with Gasteiger partial charge in [0.2, 0.25) is 5.91 Å². The number of rotatable bonds is 4. The van der Waals surface area contributed by atoms with Crippen LogP contribution in [0.25, 0.3) is 0 Å². The van der Waals surface area contributed by atoms with Crippen LogP contribution in [0.1, 0.15) is 29.9 Å². The van der Waals surface area contributed by atoms with Gasteiger partial charge in [0.1, 0.15) is 12.3 Å². The van der Waals surface area contributed by atoms with Crippen molar-refractivity contribution >= 4 is 5.91 Å². The predicted molar refractivity (Wildman–Crippen MR) is 68.5 cm³/mol. The van der Waals surface area contributed by atoms with Gasteiger partial charge in [0.25, 0.3) is 0 Å². The van der Waals surface area contributed by atoms with Gasteiger partial charge in [-0.05, 0) is 33.2 Å². The van der Waals surface area contributed by atoms with Crippen molar-refractivity contribution in [1.82, 2.24) is 15.4 Å². The summed E-state index contributed by atoms with van der Waals surface area (Å²) in [4.78, 5) is 13.8. The van der Waals surface area contributed by atoms with Crippen LogP contribution in [0, 0.1) is 13.8 Å². The maximum atomic E-state index is 12.2. The molecule has 0 spiro atoms. The summed E-state index contributed by atoms with van der Waals surface area (Å²) >= 11 is 0. The Morgan fingerprint density at radius 3 is 2.76 bits per heavy atom. The lowest BCUT2D eigenvalue weighted by molar-refractivity contribution is -0.141. The number of amides is 1. The lowest BCUT2D eigenvalue weighted by Crippen LogP contribution is -2.45. The number of likely N-dealkylation sites (tertiary alicyclic amines) is 1. The van der Waals surface area contributed by atoms with Crippen LogP contribution < -0.4 is 5.32 Å². The van der Waals surface area contributed by atoms with E-state index in [4.69, 9.17) is 4.52 Å². The first kappa shape index (κ1) is 15.8. The van der Waals surface area contributed by atoms with Gasteiger partial charge >= 0.3 is 6.18 Å². The van der Waals surface area contributed by atoms with Crippen molar-refractivity contribution in [3.63, 3.8) is 0 Å². The summed E-state index contributed by atoms with van der Waals surface area (Å²) in [6.07, 6.45) is -3.04. The van der Waals surface area contributed by atoms with E-state index in [1.54, 1.807) is 13.8 Å². The zero-order valence-corrected chi connectivity index (χ0v) is 12.0. The minimum atomic E-state index is -4.39. The first-order valence-electron chi connectivity index (χ1n) is 6.78. The van der Waals surface area contributed by atoms with Gasteiger partial charge in [-0.15, -0.1) is 0 Å². The van der Waals surface area contributed by atoms with E-state index in [-0.39, 0.29) is 0 Å². The highest BCUT2D eigenvalue weighted by atomic mass is 19.4. The van der Waals surface area contributed by atoms with Crippen molar-refractivity contribution in [2.24, 2.45) is 0 Å². The molecule has 21 heavy (non-hydrogen) atoms. The Kier molecular flexibility index (Phi) is 4.55. The third-order valence-electron chi connectivity index (χ3n) is 3.67. The first-order chi connectivity index (χ1) is 9.78. The maximum absolute atomic E-state index is 12.2. The Morgan fingerprint density at radius 1 is 1.48 bits per heavy atom. The fourth-order valence-corrected chi connectivity index (χ4v) is 2.55. The van der Waals surface area contributed by atoms with Crippen LogP contribution in [0.5, 0.6) is 0 Å². The second-order valence-electron chi connectivity index (χ2n) is 5.26. The molecule has 1 aromatic rings. The van der Waals surface area contributed by atoms with Crippen molar-refractivity contribution < 1.29 is 22.5 Å². The molecule has 0 radical (unpaired) electrons. The third kappa shape index (κ3) is 3.96. The highest BCUT2D eigenvalue weighted by molar-refractivity contribution is 5.82. The Morgan fingerprint density at radius 2 is 2.19 bits per heavy atom. The van der Waals surface area contributed by atoms with Gasteiger partial charge in [0.15, 0.2) is 0 Å². The van der Waals surface area contributed by atoms with Gasteiger partial charge < -0.3 is 9.84 Å². The molecule has 0 aromatic carbocycles. The molecule has 1 N–H and O–H groups in total. The van der Waals surface area contributed by atoms with Gasteiger partial charge in [0, 0.05) is 12.1 Å². The summed E-state index contributed by atoms with van der Waals surface area (Å²) < 4.78 is 41.6. The second kappa shape index (κ2) is 6.05. The van der Waals surface area contributed by atoms with Crippen LogP contribution >= 0.6 is 0 Å². The molecule has 1 atom stereocenters. The second-order valence-corrected chi connectivity index (χ2v) is 5.26. The number of aryl methyl sites for hydroxylation is 2. The number of nitrogens with one attached hydrogen (secondary N) is 1. The van der Waals surface area contributed by atoms with Crippen molar-refractivity contribution in [2.45, 2.75) is 45.5 Å². The van der Waals surface area contributed by atoms with E-state index in [1.807, 2.05) is 10.2 Å². The zero-order chi connectivity index (χ0) is 15.6. The Hall–Kier alpha value is -1.57. The van der Waals surface area contributed by atoms with Crippen LogP contribution in [0.4, 0.5) is 13.2 Å². The zero-order valence-electron chi connectivity index (χ0n) is 12.0. The molecule has 118 valence electrons. The van der Waals surface area contributed by atoms with E-state index in [9.17, 15) is 18.0 Å². The van der Waals surface area contributed by atoms with Crippen LogP contribution in [0.3, 0.4) is 0 Å². The van der Waals surface area contributed by atoms with Crippen molar-refractivity contribution in [3.05, 3.63) is 17.0 Å². The van der Waals surface area contributed by atoms with E-state index in [0.717, 1.165) is 17.7 Å². The van der Waals surface area contributed by atoms with Gasteiger partial charge in [-0.1, -0.05) is 5.16 Å². The van der Waals surface area contributed by atoms with Crippen LogP contribution in [0.15, 0.2) is 4.52 Å². The standard InChI is InChI=1S/C13H18F3N3O2/c1-8-10(9(2)21-18-8)6-19-5-3-4-11(19)12(20)17-7-13(14,15)16/h11H,3-7H2,1-2H3,(H,17,20)/t11-/m0/s1. The molecule has 0 bridgehead atoms. The van der Waals surface area contributed by atoms with Crippen LogP contribution in [-0.2, 0) is 11.3 Å². The van der Waals surface area contributed by atoms with E-state index in [1.165, 1.54) is 0 Å². The molecule has 1 aromatic heterocycles. The molecule has 0 unspecified atom stereocenters. The molecular weight excluding hydrogens is 287 g/mol. The van der Waals surface area contributed by atoms with E-state index in [0.29, 0.717) is 25.3 Å². The van der Waals surface area contributed by atoms with Gasteiger partial charge in [-0.3, -0.25) is 9.69 Å². The summed E-state index contributed by atoms with van der Waals surface area (Å²) in [5.74, 6) is 0.102. The molecular formula is C13H18F3N3O2. The van der Waals surface area contributed by atoms with Gasteiger partial charge in [0.05, 0.1) is 11.7 Å². The number of halogens is 3. The lowest BCUT2D eigenvalue weighted by atomic mass is 10.1. The quantitative estimate of drug-likeness (QED) is 0.923. The fraction of sp³-hybridized carbons (Fsp3) is 0.692. The SMILES string of the molecule is Cc1noc(C)c1CN1CCC[C@H]1C(=O)NCC(F)(F)F. The predicted octanol–water partition coefficient (Wildman–Crippen LogP) is 1.93. The third-order valence-corrected chi connectivity index (χ3v) is 3.67. The molecule has 2 rings (SSSR count). The summed E-state index contributed by atoms with van der Waals surface area (Å²) in [6, 6.07) is -0.527. The molecule has 1 saturated heterocycles. The van der Waals surface area contributed by atoms with Crippen LogP contribution in [-0.4, -0.2) is 41.3 Å². The Balaban J connectivity index is 1.98. The van der Waals surface area contributed by atoms with Gasteiger partial charge in [-0.2, -0.15) is 13.2 Å². The molecule has 2 heterocycles. The average molecular weight is 305 g/mol. The molecule has 0 saturated carbocycles. The number of aromatic nitrogens is 1. The number of carbonyl (C=O) groups is 1. The van der Waals surface area contributed by atoms with E-state index in [2.05, 4.69) is 5.16 Å². The topological polar surface area (TPSA) is 58.4 Å². The average Bonchev–Trinajstić information content (AvgIpc) is 2.97. The van der Waals surface area contributed by atoms with Crippen molar-refractivity contribution in [3.8, 4) is 0 Å². The monoisotopic (exact) mass is 305 g/mol. The molecule has 1 aliphatic rings. The first-order valence-corrected chi connectivity index (χ1v) is 6.78. The van der Waals surface area contributed by atoms with Crippen molar-refractivity contribution in [1.29, 1.82) is 0 Å². The van der Waals surface area contributed by atoms with E-state index >= 15 is 0 Å². The highest BCUT2D eigenvalue weighted by Crippen LogP contribution is 2.23. The number of hydrogen-bond acceptors (Lipinski definition) is 4. The molecule has 1 fully saturated rings. The minimum Gasteiger partial charge on any atom is -0.361 e. The summed E-state index contributed by atoms with van der Waals surface area (Å²) in [5, 5.41) is 5.80. The minimum absolute atomic E-state index is 0.464. The van der Waals surface area contributed by atoms with E-state index < -0.39 is 24.7 Å². The lowest BCUT2D eigenvalue weighted by Gasteiger charge is -2.23. The summed E-state index contributed by atoms with van der Waals surface area (Å²) in [7, 11) is 0. The largest absolute Gasteiger partial charge is 0.405 e. The Bertz CT molecular complexity index is 494. The molecule has 0 aliphatic carbocycles.